The van der Waals surface area contributed by atoms with Crippen LogP contribution in [0.5, 0.6) is 0 Å². The molecule has 2 aromatic heterocycles. The van der Waals surface area contributed by atoms with Crippen LogP contribution in [0.25, 0.3) is 11.3 Å². The van der Waals surface area contributed by atoms with E-state index in [1.54, 1.807) is 12.4 Å². The van der Waals surface area contributed by atoms with Gasteiger partial charge in [-0.3, -0.25) is 4.98 Å². The van der Waals surface area contributed by atoms with E-state index in [1.807, 2.05) is 25.1 Å². The summed E-state index contributed by atoms with van der Waals surface area (Å²) < 4.78 is 0.992. The summed E-state index contributed by atoms with van der Waals surface area (Å²) in [4.78, 5) is 8.32. The Balaban J connectivity index is 2.55. The zero-order valence-electron chi connectivity index (χ0n) is 8.04. The minimum atomic E-state index is 0.478. The summed E-state index contributed by atoms with van der Waals surface area (Å²) in [6, 6.07) is 5.73. The lowest BCUT2D eigenvalue weighted by atomic mass is 10.1. The fourth-order valence-electron chi connectivity index (χ4n) is 1.26. The zero-order chi connectivity index (χ0) is 10.8. The van der Waals surface area contributed by atoms with E-state index in [0.29, 0.717) is 5.15 Å². The first-order chi connectivity index (χ1) is 7.18. The maximum atomic E-state index is 5.99. The van der Waals surface area contributed by atoms with Crippen LogP contribution in [0.1, 0.15) is 5.56 Å². The molecule has 2 nitrogen and oxygen atoms in total. The lowest BCUT2D eigenvalue weighted by molar-refractivity contribution is 1.24. The summed E-state index contributed by atoms with van der Waals surface area (Å²) in [6.45, 7) is 2.01. The first kappa shape index (κ1) is 10.6. The Morgan fingerprint density at radius 2 is 2.13 bits per heavy atom. The Labute approximate surface area is 101 Å². The van der Waals surface area contributed by atoms with Crippen LogP contribution in [0, 0.1) is 6.92 Å². The maximum Gasteiger partial charge on any atom is 0.138 e. The Hall–Kier alpha value is -0.930. The molecule has 0 spiro atoms. The van der Waals surface area contributed by atoms with Crippen LogP contribution >= 0.6 is 27.5 Å². The molecule has 0 aromatic carbocycles. The minimum Gasteiger partial charge on any atom is -0.255 e. The van der Waals surface area contributed by atoms with Crippen molar-refractivity contribution in [3.63, 3.8) is 0 Å². The minimum absolute atomic E-state index is 0.478. The average molecular weight is 284 g/mol. The van der Waals surface area contributed by atoms with Crippen LogP contribution in [-0.4, -0.2) is 9.97 Å². The monoisotopic (exact) mass is 282 g/mol. The lowest BCUT2D eigenvalue weighted by Crippen LogP contribution is -1.88. The fourth-order valence-corrected chi connectivity index (χ4v) is 1.70. The number of pyridine rings is 2. The van der Waals surface area contributed by atoms with Crippen LogP contribution in [-0.2, 0) is 0 Å². The molecule has 2 heterocycles. The third-order valence-corrected chi connectivity index (χ3v) is 3.21. The van der Waals surface area contributed by atoms with Gasteiger partial charge in [0.05, 0.1) is 5.69 Å². The van der Waals surface area contributed by atoms with E-state index in [-0.39, 0.29) is 0 Å². The van der Waals surface area contributed by atoms with Gasteiger partial charge in [-0.05, 0) is 46.6 Å². The molecule has 0 bridgehead atoms. The highest BCUT2D eigenvalue weighted by atomic mass is 79.9. The van der Waals surface area contributed by atoms with Gasteiger partial charge >= 0.3 is 0 Å². The number of halogens is 2. The van der Waals surface area contributed by atoms with Crippen LogP contribution in [0.2, 0.25) is 5.15 Å². The normalized spacial score (nSPS) is 10.3. The van der Waals surface area contributed by atoms with Crippen molar-refractivity contribution >= 4 is 27.5 Å². The second kappa shape index (κ2) is 4.29. The van der Waals surface area contributed by atoms with Gasteiger partial charge in [0.2, 0.25) is 0 Å². The average Bonchev–Trinajstić information content (AvgIpc) is 2.23. The SMILES string of the molecule is Cc1cc(-c2cccnc2Cl)ncc1Br. The van der Waals surface area contributed by atoms with Gasteiger partial charge in [-0.15, -0.1) is 0 Å². The van der Waals surface area contributed by atoms with Gasteiger partial charge in [0.25, 0.3) is 0 Å². The molecule has 0 aliphatic rings. The number of aromatic nitrogens is 2. The molecule has 0 saturated heterocycles. The van der Waals surface area contributed by atoms with Crippen LogP contribution in [0.15, 0.2) is 35.1 Å². The van der Waals surface area contributed by atoms with E-state index in [9.17, 15) is 0 Å². The van der Waals surface area contributed by atoms with Gasteiger partial charge in [0.15, 0.2) is 0 Å². The summed E-state index contributed by atoms with van der Waals surface area (Å²) in [5.41, 5.74) is 2.82. The van der Waals surface area contributed by atoms with Crippen molar-refractivity contribution in [2.24, 2.45) is 0 Å². The van der Waals surface area contributed by atoms with E-state index >= 15 is 0 Å². The molecule has 0 aliphatic carbocycles. The van der Waals surface area contributed by atoms with Gasteiger partial charge in [0, 0.05) is 22.4 Å². The van der Waals surface area contributed by atoms with Crippen LogP contribution in [0.4, 0.5) is 0 Å². The maximum absolute atomic E-state index is 5.99. The number of nitrogens with zero attached hydrogens (tertiary/aromatic N) is 2. The van der Waals surface area contributed by atoms with E-state index in [0.717, 1.165) is 21.3 Å². The zero-order valence-corrected chi connectivity index (χ0v) is 10.4. The Bertz CT molecular complexity index is 500. The molecule has 0 saturated carbocycles. The summed E-state index contributed by atoms with van der Waals surface area (Å²) in [5.74, 6) is 0. The summed E-state index contributed by atoms with van der Waals surface area (Å²) in [7, 11) is 0. The van der Waals surface area contributed by atoms with E-state index in [1.165, 1.54) is 0 Å². The molecule has 15 heavy (non-hydrogen) atoms. The lowest BCUT2D eigenvalue weighted by Gasteiger charge is -2.04. The number of aryl methyl sites for hydroxylation is 1. The van der Waals surface area contributed by atoms with Crippen molar-refractivity contribution in [3.8, 4) is 11.3 Å². The highest BCUT2D eigenvalue weighted by molar-refractivity contribution is 9.10. The molecule has 2 rings (SSSR count). The van der Waals surface area contributed by atoms with Crippen molar-refractivity contribution < 1.29 is 0 Å². The Morgan fingerprint density at radius 3 is 2.80 bits per heavy atom. The number of rotatable bonds is 1. The van der Waals surface area contributed by atoms with Crippen LogP contribution < -0.4 is 0 Å². The van der Waals surface area contributed by atoms with Crippen molar-refractivity contribution in [1.29, 1.82) is 0 Å². The molecule has 0 amide bonds. The van der Waals surface area contributed by atoms with Gasteiger partial charge in [0.1, 0.15) is 5.15 Å². The molecule has 0 aliphatic heterocycles. The Kier molecular flexibility index (Phi) is 3.03. The first-order valence-corrected chi connectivity index (χ1v) is 5.58. The molecule has 0 fully saturated rings. The molecular formula is C11H8BrClN2. The highest BCUT2D eigenvalue weighted by Gasteiger charge is 2.06. The molecule has 2 aromatic rings. The quantitative estimate of drug-likeness (QED) is 0.743. The number of hydrogen-bond donors (Lipinski definition) is 0. The summed E-state index contributed by atoms with van der Waals surface area (Å²) in [5, 5.41) is 0.478. The van der Waals surface area contributed by atoms with E-state index < -0.39 is 0 Å². The van der Waals surface area contributed by atoms with E-state index in [2.05, 4.69) is 25.9 Å². The van der Waals surface area contributed by atoms with Crippen molar-refractivity contribution in [3.05, 3.63) is 45.8 Å². The third-order valence-electron chi connectivity index (χ3n) is 2.08. The summed E-state index contributed by atoms with van der Waals surface area (Å²) >= 11 is 9.40. The standard InChI is InChI=1S/C11H8BrClN2/c1-7-5-10(15-6-9(7)12)8-3-2-4-14-11(8)13/h2-6H,1H3. The Morgan fingerprint density at radius 1 is 1.33 bits per heavy atom. The first-order valence-electron chi connectivity index (χ1n) is 4.41. The molecule has 4 heteroatoms. The predicted molar refractivity (Wildman–Crippen MR) is 64.9 cm³/mol. The molecule has 0 radical (unpaired) electrons. The number of hydrogen-bond acceptors (Lipinski definition) is 2. The van der Waals surface area contributed by atoms with Gasteiger partial charge in [-0.1, -0.05) is 11.6 Å². The summed E-state index contributed by atoms with van der Waals surface area (Å²) in [6.07, 6.45) is 3.44. The van der Waals surface area contributed by atoms with Gasteiger partial charge < -0.3 is 0 Å². The van der Waals surface area contributed by atoms with E-state index in [4.69, 9.17) is 11.6 Å². The van der Waals surface area contributed by atoms with Gasteiger partial charge in [-0.2, -0.15) is 0 Å². The molecule has 0 unspecified atom stereocenters. The molecular weight excluding hydrogens is 275 g/mol. The van der Waals surface area contributed by atoms with Gasteiger partial charge in [-0.25, -0.2) is 4.98 Å². The largest absolute Gasteiger partial charge is 0.255 e. The second-order valence-electron chi connectivity index (χ2n) is 3.16. The van der Waals surface area contributed by atoms with Crippen molar-refractivity contribution in [2.75, 3.05) is 0 Å². The molecule has 0 atom stereocenters. The second-order valence-corrected chi connectivity index (χ2v) is 4.37. The van der Waals surface area contributed by atoms with Crippen LogP contribution in [0.3, 0.4) is 0 Å². The smallest absolute Gasteiger partial charge is 0.138 e. The van der Waals surface area contributed by atoms with Crippen molar-refractivity contribution in [1.82, 2.24) is 9.97 Å². The highest BCUT2D eigenvalue weighted by Crippen LogP contribution is 2.26. The molecule has 0 N–H and O–H groups in total. The fraction of sp³-hybridized carbons (Fsp3) is 0.0909. The third kappa shape index (κ3) is 2.19. The molecule has 76 valence electrons. The topological polar surface area (TPSA) is 25.8 Å². The van der Waals surface area contributed by atoms with Crippen molar-refractivity contribution in [2.45, 2.75) is 6.92 Å². The predicted octanol–water partition coefficient (Wildman–Crippen LogP) is 3.87.